The van der Waals surface area contributed by atoms with Crippen LogP contribution in [0.1, 0.15) is 44.6 Å². The number of carbonyl (C=O) groups excluding carboxylic acids is 1. The minimum atomic E-state index is -4.40. The highest BCUT2D eigenvalue weighted by atomic mass is 19.4. The molecular weight excluding hydrogens is 383 g/mol. The van der Waals surface area contributed by atoms with Crippen molar-refractivity contribution in [3.8, 4) is 6.07 Å². The normalized spacial score (nSPS) is 21.3. The summed E-state index contributed by atoms with van der Waals surface area (Å²) in [5, 5.41) is 12.5. The zero-order valence-corrected chi connectivity index (χ0v) is 16.5. The molecular formula is C20H26F3N5O. The molecule has 1 N–H and O–H groups in total. The first-order valence-electron chi connectivity index (χ1n) is 10.00. The third kappa shape index (κ3) is 4.99. The van der Waals surface area contributed by atoms with Gasteiger partial charge in [-0.3, -0.25) is 9.69 Å². The highest BCUT2D eigenvalue weighted by Crippen LogP contribution is 2.30. The monoisotopic (exact) mass is 409 g/mol. The molecule has 0 aromatic carbocycles. The van der Waals surface area contributed by atoms with Gasteiger partial charge < -0.3 is 10.2 Å². The summed E-state index contributed by atoms with van der Waals surface area (Å²) in [6, 6.07) is 4.35. The Morgan fingerprint density at radius 2 is 1.86 bits per heavy atom. The minimum absolute atomic E-state index is 0.144. The number of pyridine rings is 1. The van der Waals surface area contributed by atoms with E-state index in [9.17, 15) is 23.2 Å². The third-order valence-electron chi connectivity index (χ3n) is 5.92. The number of amides is 1. The smallest absolute Gasteiger partial charge is 0.354 e. The molecule has 1 unspecified atom stereocenters. The molecule has 9 heteroatoms. The van der Waals surface area contributed by atoms with E-state index >= 15 is 0 Å². The van der Waals surface area contributed by atoms with Gasteiger partial charge in [-0.15, -0.1) is 0 Å². The zero-order chi connectivity index (χ0) is 21.1. The summed E-state index contributed by atoms with van der Waals surface area (Å²) in [4.78, 5) is 20.6. The molecule has 2 aliphatic rings. The molecule has 1 aliphatic heterocycles. The number of nitrogens with zero attached hydrogens (tertiary/aromatic N) is 4. The Kier molecular flexibility index (Phi) is 6.32. The lowest BCUT2D eigenvalue weighted by atomic mass is 9.82. The molecule has 29 heavy (non-hydrogen) atoms. The third-order valence-corrected chi connectivity index (χ3v) is 5.92. The maximum atomic E-state index is 12.7. The van der Waals surface area contributed by atoms with Gasteiger partial charge in [0.2, 0.25) is 5.91 Å². The molecule has 1 saturated carbocycles. The summed E-state index contributed by atoms with van der Waals surface area (Å²) < 4.78 is 38.0. The average molecular weight is 409 g/mol. The van der Waals surface area contributed by atoms with Gasteiger partial charge in [-0.2, -0.15) is 18.4 Å². The van der Waals surface area contributed by atoms with Crippen LogP contribution in [-0.2, 0) is 11.0 Å². The van der Waals surface area contributed by atoms with Crippen molar-refractivity contribution in [3.05, 3.63) is 23.9 Å². The second kappa shape index (κ2) is 8.57. The van der Waals surface area contributed by atoms with Crippen molar-refractivity contribution < 1.29 is 18.0 Å². The number of hydrogen-bond donors (Lipinski definition) is 1. The molecule has 0 spiro atoms. The summed E-state index contributed by atoms with van der Waals surface area (Å²) in [7, 11) is 0. The number of nitrogens with one attached hydrogen (secondary N) is 1. The molecule has 1 aliphatic carbocycles. The fraction of sp³-hybridized carbons (Fsp3) is 0.650. The summed E-state index contributed by atoms with van der Waals surface area (Å²) in [6.45, 7) is 4.15. The number of nitriles is 1. The van der Waals surface area contributed by atoms with Gasteiger partial charge >= 0.3 is 6.18 Å². The van der Waals surface area contributed by atoms with Gasteiger partial charge in [0.1, 0.15) is 11.4 Å². The Morgan fingerprint density at radius 3 is 2.38 bits per heavy atom. The van der Waals surface area contributed by atoms with Crippen LogP contribution >= 0.6 is 0 Å². The van der Waals surface area contributed by atoms with Crippen LogP contribution in [0.5, 0.6) is 0 Å². The number of rotatable bonds is 4. The Balaban J connectivity index is 1.54. The minimum Gasteiger partial charge on any atom is -0.354 e. The van der Waals surface area contributed by atoms with Gasteiger partial charge in [0.25, 0.3) is 0 Å². The molecule has 2 heterocycles. The molecule has 3 rings (SSSR count). The topological polar surface area (TPSA) is 72.3 Å². The van der Waals surface area contributed by atoms with E-state index in [1.165, 1.54) is 6.07 Å². The van der Waals surface area contributed by atoms with Crippen LogP contribution in [0.15, 0.2) is 18.3 Å². The first-order chi connectivity index (χ1) is 13.7. The van der Waals surface area contributed by atoms with Crippen LogP contribution < -0.4 is 10.2 Å². The summed E-state index contributed by atoms with van der Waals surface area (Å²) in [6.07, 6.45) is 0.816. The van der Waals surface area contributed by atoms with Crippen molar-refractivity contribution in [2.24, 2.45) is 0 Å². The maximum Gasteiger partial charge on any atom is 0.417 e. The van der Waals surface area contributed by atoms with Gasteiger partial charge in [0, 0.05) is 32.4 Å². The van der Waals surface area contributed by atoms with E-state index in [1.807, 2.05) is 16.7 Å². The molecule has 1 aromatic heterocycles. The number of halogens is 3. The predicted molar refractivity (Wildman–Crippen MR) is 102 cm³/mol. The number of piperazine rings is 1. The molecule has 158 valence electrons. The van der Waals surface area contributed by atoms with Crippen LogP contribution in [-0.4, -0.2) is 53.6 Å². The van der Waals surface area contributed by atoms with E-state index in [0.29, 0.717) is 44.8 Å². The molecule has 2 fully saturated rings. The van der Waals surface area contributed by atoms with Gasteiger partial charge in [0.05, 0.1) is 17.7 Å². The number of anilines is 1. The highest BCUT2D eigenvalue weighted by molar-refractivity contribution is 5.82. The molecule has 1 atom stereocenters. The number of hydrogen-bond acceptors (Lipinski definition) is 5. The predicted octanol–water partition coefficient (Wildman–Crippen LogP) is 2.95. The molecule has 1 aromatic rings. The average Bonchev–Trinajstić information content (AvgIpc) is 2.73. The first kappa shape index (κ1) is 21.4. The number of carbonyl (C=O) groups is 1. The largest absolute Gasteiger partial charge is 0.417 e. The van der Waals surface area contributed by atoms with Crippen LogP contribution in [0.2, 0.25) is 0 Å². The van der Waals surface area contributed by atoms with Crippen molar-refractivity contribution >= 4 is 11.7 Å². The van der Waals surface area contributed by atoms with E-state index in [0.717, 1.165) is 31.5 Å². The summed E-state index contributed by atoms with van der Waals surface area (Å²) in [5.74, 6) is 0.356. The quantitative estimate of drug-likeness (QED) is 0.828. The zero-order valence-electron chi connectivity index (χ0n) is 16.5. The van der Waals surface area contributed by atoms with Gasteiger partial charge in [-0.05, 0) is 31.9 Å². The molecule has 1 amide bonds. The summed E-state index contributed by atoms with van der Waals surface area (Å²) >= 11 is 0. The Hall–Kier alpha value is -2.34. The Labute approximate surface area is 168 Å². The first-order valence-corrected chi connectivity index (χ1v) is 10.00. The number of alkyl halides is 3. The fourth-order valence-corrected chi connectivity index (χ4v) is 4.01. The van der Waals surface area contributed by atoms with Crippen LogP contribution in [0, 0.1) is 11.3 Å². The van der Waals surface area contributed by atoms with Crippen LogP contribution in [0.25, 0.3) is 0 Å². The molecule has 0 bridgehead atoms. The SMILES string of the molecule is CC(C(=O)NC1(C#N)CCCCC1)N1CCN(c2ccc(C(F)(F)F)cn2)CC1. The lowest BCUT2D eigenvalue weighted by molar-refractivity contribution is -0.137. The van der Waals surface area contributed by atoms with E-state index in [1.54, 1.807) is 0 Å². The second-order valence-corrected chi connectivity index (χ2v) is 7.85. The van der Waals surface area contributed by atoms with E-state index in [4.69, 9.17) is 0 Å². The van der Waals surface area contributed by atoms with Crippen molar-refractivity contribution in [1.82, 2.24) is 15.2 Å². The van der Waals surface area contributed by atoms with E-state index in [-0.39, 0.29) is 11.9 Å². The molecule has 1 saturated heterocycles. The van der Waals surface area contributed by atoms with Crippen LogP contribution in [0.4, 0.5) is 19.0 Å². The standard InChI is InChI=1S/C20H26F3N5O/c1-15(18(29)26-19(14-24)7-3-2-4-8-19)27-9-11-28(12-10-27)17-6-5-16(13-25-17)20(21,22)23/h5-6,13,15H,2-4,7-12H2,1H3,(H,26,29). The fourth-order valence-electron chi connectivity index (χ4n) is 4.01. The van der Waals surface area contributed by atoms with E-state index < -0.39 is 17.3 Å². The van der Waals surface area contributed by atoms with Crippen molar-refractivity contribution in [1.29, 1.82) is 5.26 Å². The molecule has 6 nitrogen and oxygen atoms in total. The molecule has 0 radical (unpaired) electrons. The van der Waals surface area contributed by atoms with Gasteiger partial charge in [-0.1, -0.05) is 19.3 Å². The van der Waals surface area contributed by atoms with E-state index in [2.05, 4.69) is 16.4 Å². The lowest BCUT2D eigenvalue weighted by Gasteiger charge is -2.39. The second-order valence-electron chi connectivity index (χ2n) is 7.85. The summed E-state index contributed by atoms with van der Waals surface area (Å²) in [5.41, 5.74) is -1.52. The Morgan fingerprint density at radius 1 is 1.21 bits per heavy atom. The lowest BCUT2D eigenvalue weighted by Crippen LogP contribution is -2.58. The van der Waals surface area contributed by atoms with Gasteiger partial charge in [-0.25, -0.2) is 4.98 Å². The van der Waals surface area contributed by atoms with Crippen molar-refractivity contribution in [3.63, 3.8) is 0 Å². The van der Waals surface area contributed by atoms with Crippen molar-refractivity contribution in [2.45, 2.75) is 56.8 Å². The van der Waals surface area contributed by atoms with Crippen molar-refractivity contribution in [2.75, 3.05) is 31.1 Å². The van der Waals surface area contributed by atoms with Crippen LogP contribution in [0.3, 0.4) is 0 Å². The number of aromatic nitrogens is 1. The highest BCUT2D eigenvalue weighted by Gasteiger charge is 2.36. The van der Waals surface area contributed by atoms with Gasteiger partial charge in [0.15, 0.2) is 0 Å². The Bertz CT molecular complexity index is 745. The maximum absolute atomic E-state index is 12.7.